The summed E-state index contributed by atoms with van der Waals surface area (Å²) in [6.07, 6.45) is 9.19. The molecule has 1 aromatic heterocycles. The van der Waals surface area contributed by atoms with Crippen molar-refractivity contribution in [3.05, 3.63) is 15.6 Å². The normalized spacial score (nSPS) is 22.1. The van der Waals surface area contributed by atoms with Crippen LogP contribution in [0.1, 0.15) is 54.1 Å². The molecule has 0 atom stereocenters. The van der Waals surface area contributed by atoms with Gasteiger partial charge in [-0.15, -0.1) is 11.3 Å². The Morgan fingerprint density at radius 1 is 1.17 bits per heavy atom. The zero-order valence-corrected chi connectivity index (χ0v) is 11.7. The van der Waals surface area contributed by atoms with E-state index in [0.717, 1.165) is 32.4 Å². The van der Waals surface area contributed by atoms with E-state index in [4.69, 9.17) is 0 Å². The second-order valence-electron chi connectivity index (χ2n) is 5.72. The summed E-state index contributed by atoms with van der Waals surface area (Å²) >= 11 is 1.85. The molecule has 0 radical (unpaired) electrons. The summed E-state index contributed by atoms with van der Waals surface area (Å²) in [4.78, 5) is 6.16. The predicted molar refractivity (Wildman–Crippen MR) is 73.9 cm³/mol. The molecule has 0 bridgehead atoms. The van der Waals surface area contributed by atoms with E-state index in [1.54, 1.807) is 0 Å². The lowest BCUT2D eigenvalue weighted by atomic mass is 9.85. The lowest BCUT2D eigenvalue weighted by molar-refractivity contribution is 0.00467. The van der Waals surface area contributed by atoms with Crippen LogP contribution in [0.2, 0.25) is 0 Å². The highest BCUT2D eigenvalue weighted by atomic mass is 32.1. The number of fused-ring (bicyclic) bond motifs is 1. The first-order chi connectivity index (χ1) is 8.75. The zero-order valence-electron chi connectivity index (χ0n) is 10.9. The van der Waals surface area contributed by atoms with Crippen LogP contribution in [0.5, 0.6) is 0 Å². The molecule has 2 aliphatic rings. The number of hydrogen-bond acceptors (Lipinski definition) is 4. The maximum atomic E-state index is 10.4. The van der Waals surface area contributed by atoms with Crippen LogP contribution in [-0.2, 0) is 19.4 Å². The van der Waals surface area contributed by atoms with Gasteiger partial charge in [0.15, 0.2) is 0 Å². The Hall–Kier alpha value is -0.450. The van der Waals surface area contributed by atoms with Crippen molar-refractivity contribution >= 4 is 11.3 Å². The maximum absolute atomic E-state index is 10.4. The van der Waals surface area contributed by atoms with Gasteiger partial charge in [0.25, 0.3) is 0 Å². The topological polar surface area (TPSA) is 45.1 Å². The van der Waals surface area contributed by atoms with E-state index < -0.39 is 5.60 Å². The molecule has 4 heteroatoms. The summed E-state index contributed by atoms with van der Waals surface area (Å²) in [6.45, 7) is 1.54. The number of rotatable bonds is 4. The largest absolute Gasteiger partial charge is 0.389 e. The van der Waals surface area contributed by atoms with Crippen LogP contribution in [0, 0.1) is 0 Å². The van der Waals surface area contributed by atoms with Crippen molar-refractivity contribution in [1.29, 1.82) is 0 Å². The molecule has 0 spiro atoms. The summed E-state index contributed by atoms with van der Waals surface area (Å²) in [7, 11) is 0. The molecule has 3 rings (SSSR count). The fraction of sp³-hybridized carbons (Fsp3) is 0.786. The quantitative estimate of drug-likeness (QED) is 0.879. The fourth-order valence-corrected chi connectivity index (χ4v) is 4.23. The molecule has 1 fully saturated rings. The Bertz CT molecular complexity index is 388. The number of aromatic nitrogens is 1. The van der Waals surface area contributed by atoms with Crippen molar-refractivity contribution in [2.75, 3.05) is 6.54 Å². The van der Waals surface area contributed by atoms with Crippen LogP contribution in [0.25, 0.3) is 0 Å². The highest BCUT2D eigenvalue weighted by Crippen LogP contribution is 2.29. The van der Waals surface area contributed by atoms with Crippen molar-refractivity contribution in [3.8, 4) is 0 Å². The van der Waals surface area contributed by atoms with Crippen molar-refractivity contribution in [2.45, 2.75) is 63.5 Å². The third-order valence-corrected chi connectivity index (χ3v) is 5.31. The minimum atomic E-state index is -0.460. The van der Waals surface area contributed by atoms with Crippen LogP contribution in [-0.4, -0.2) is 22.2 Å². The number of aliphatic hydroxyl groups is 1. The van der Waals surface area contributed by atoms with E-state index in [0.29, 0.717) is 0 Å². The Balaban J connectivity index is 1.49. The lowest BCUT2D eigenvalue weighted by Crippen LogP contribution is -2.41. The average molecular weight is 266 g/mol. The molecule has 0 aliphatic heterocycles. The first-order valence-electron chi connectivity index (χ1n) is 7.16. The van der Waals surface area contributed by atoms with E-state index in [-0.39, 0.29) is 0 Å². The van der Waals surface area contributed by atoms with Crippen molar-refractivity contribution in [2.24, 2.45) is 0 Å². The minimum absolute atomic E-state index is 0.460. The molecular formula is C14H22N2OS. The molecule has 0 saturated heterocycles. The van der Waals surface area contributed by atoms with Crippen molar-refractivity contribution < 1.29 is 5.11 Å². The number of aryl methyl sites for hydroxylation is 2. The van der Waals surface area contributed by atoms with Gasteiger partial charge in [0, 0.05) is 18.0 Å². The van der Waals surface area contributed by atoms with E-state index in [2.05, 4.69) is 10.3 Å². The molecule has 1 aromatic rings. The van der Waals surface area contributed by atoms with Gasteiger partial charge in [-0.2, -0.15) is 0 Å². The van der Waals surface area contributed by atoms with Gasteiger partial charge in [-0.3, -0.25) is 0 Å². The standard InChI is InChI=1S/C14H22N2OS/c17-14(7-2-1-3-8-14)10-15-9-13-16-11-5-4-6-12(11)18-13/h15,17H,1-10H2. The first-order valence-corrected chi connectivity index (χ1v) is 7.97. The first kappa shape index (κ1) is 12.6. The Morgan fingerprint density at radius 3 is 2.78 bits per heavy atom. The summed E-state index contributed by atoms with van der Waals surface area (Å²) in [5, 5.41) is 15.0. The number of nitrogens with zero attached hydrogens (tertiary/aromatic N) is 1. The molecular weight excluding hydrogens is 244 g/mol. The van der Waals surface area contributed by atoms with Crippen LogP contribution in [0.4, 0.5) is 0 Å². The monoisotopic (exact) mass is 266 g/mol. The predicted octanol–water partition coefficient (Wildman–Crippen LogP) is 2.42. The number of thiazole rings is 1. The van der Waals surface area contributed by atoms with Gasteiger partial charge in [-0.1, -0.05) is 19.3 Å². The zero-order chi connectivity index (χ0) is 12.4. The molecule has 100 valence electrons. The highest BCUT2D eigenvalue weighted by Gasteiger charge is 2.28. The van der Waals surface area contributed by atoms with Crippen LogP contribution in [0.15, 0.2) is 0 Å². The van der Waals surface area contributed by atoms with Crippen LogP contribution < -0.4 is 5.32 Å². The molecule has 0 unspecified atom stereocenters. The lowest BCUT2D eigenvalue weighted by Gasteiger charge is -2.32. The van der Waals surface area contributed by atoms with Crippen molar-refractivity contribution in [1.82, 2.24) is 10.3 Å². The van der Waals surface area contributed by atoms with E-state index in [1.165, 1.54) is 47.7 Å². The molecule has 0 amide bonds. The SMILES string of the molecule is OC1(CNCc2nc3c(s2)CCC3)CCCCC1. The summed E-state index contributed by atoms with van der Waals surface area (Å²) in [5.74, 6) is 0. The second-order valence-corrected chi connectivity index (χ2v) is 6.89. The van der Waals surface area contributed by atoms with Gasteiger partial charge in [0.05, 0.1) is 11.3 Å². The number of hydrogen-bond donors (Lipinski definition) is 2. The molecule has 1 saturated carbocycles. The third kappa shape index (κ3) is 2.76. The van der Waals surface area contributed by atoms with E-state index in [9.17, 15) is 5.11 Å². The Labute approximate surface area is 113 Å². The van der Waals surface area contributed by atoms with Gasteiger partial charge in [-0.05, 0) is 32.1 Å². The average Bonchev–Trinajstić information content (AvgIpc) is 2.90. The Kier molecular flexibility index (Phi) is 3.68. The van der Waals surface area contributed by atoms with Crippen molar-refractivity contribution in [3.63, 3.8) is 0 Å². The smallest absolute Gasteiger partial charge is 0.107 e. The fourth-order valence-electron chi connectivity index (χ4n) is 3.11. The van der Waals surface area contributed by atoms with Crippen LogP contribution >= 0.6 is 11.3 Å². The van der Waals surface area contributed by atoms with Gasteiger partial charge in [-0.25, -0.2) is 4.98 Å². The third-order valence-electron chi connectivity index (χ3n) is 4.15. The molecule has 2 N–H and O–H groups in total. The van der Waals surface area contributed by atoms with Gasteiger partial charge in [0.2, 0.25) is 0 Å². The van der Waals surface area contributed by atoms with Gasteiger partial charge >= 0.3 is 0 Å². The van der Waals surface area contributed by atoms with Gasteiger partial charge < -0.3 is 10.4 Å². The highest BCUT2D eigenvalue weighted by molar-refractivity contribution is 7.11. The molecule has 1 heterocycles. The summed E-state index contributed by atoms with van der Waals surface area (Å²) < 4.78 is 0. The summed E-state index contributed by atoms with van der Waals surface area (Å²) in [5.41, 5.74) is 0.867. The summed E-state index contributed by atoms with van der Waals surface area (Å²) in [6, 6.07) is 0. The molecule has 0 aromatic carbocycles. The van der Waals surface area contributed by atoms with E-state index in [1.807, 2.05) is 11.3 Å². The van der Waals surface area contributed by atoms with E-state index >= 15 is 0 Å². The molecule has 18 heavy (non-hydrogen) atoms. The second kappa shape index (κ2) is 5.27. The van der Waals surface area contributed by atoms with Gasteiger partial charge in [0.1, 0.15) is 5.01 Å². The Morgan fingerprint density at radius 2 is 2.00 bits per heavy atom. The molecule has 3 nitrogen and oxygen atoms in total. The number of nitrogens with one attached hydrogen (secondary N) is 1. The van der Waals surface area contributed by atoms with Crippen LogP contribution in [0.3, 0.4) is 0 Å². The maximum Gasteiger partial charge on any atom is 0.107 e. The minimum Gasteiger partial charge on any atom is -0.389 e. The molecule has 2 aliphatic carbocycles.